The first kappa shape index (κ1) is 15.7. The van der Waals surface area contributed by atoms with Gasteiger partial charge < -0.3 is 9.73 Å². The Labute approximate surface area is 149 Å². The van der Waals surface area contributed by atoms with Gasteiger partial charge in [0, 0.05) is 16.3 Å². The summed E-state index contributed by atoms with van der Waals surface area (Å²) >= 11 is 1.53. The number of anilines is 1. The number of nitriles is 1. The van der Waals surface area contributed by atoms with Crippen LogP contribution in [0.1, 0.15) is 34.6 Å². The quantitative estimate of drug-likeness (QED) is 0.685. The molecule has 1 aromatic carbocycles. The average Bonchev–Trinajstić information content (AvgIpc) is 3.20. The van der Waals surface area contributed by atoms with E-state index in [1.54, 1.807) is 6.08 Å². The number of rotatable bonds is 3. The maximum absolute atomic E-state index is 12.2. The lowest BCUT2D eigenvalue weighted by Crippen LogP contribution is -2.07. The van der Waals surface area contributed by atoms with Crippen molar-refractivity contribution in [2.45, 2.75) is 25.7 Å². The molecular formula is C20H16N2O2S. The second kappa shape index (κ2) is 6.58. The number of hydrogen-bond donors (Lipinski definition) is 1. The number of benzene rings is 1. The number of thiophene rings is 1. The molecule has 0 aliphatic heterocycles. The first-order valence-electron chi connectivity index (χ1n) is 8.27. The maximum atomic E-state index is 12.2. The van der Waals surface area contributed by atoms with Gasteiger partial charge in [-0.25, -0.2) is 0 Å². The Morgan fingerprint density at radius 3 is 2.96 bits per heavy atom. The third kappa shape index (κ3) is 3.09. The molecule has 0 saturated heterocycles. The molecule has 0 saturated carbocycles. The Kier molecular flexibility index (Phi) is 4.12. The third-order valence-corrected chi connectivity index (χ3v) is 5.57. The van der Waals surface area contributed by atoms with Gasteiger partial charge in [0.1, 0.15) is 22.4 Å². The molecule has 5 heteroatoms. The smallest absolute Gasteiger partial charge is 0.249 e. The summed E-state index contributed by atoms with van der Waals surface area (Å²) in [7, 11) is 0. The highest BCUT2D eigenvalue weighted by Crippen LogP contribution is 2.37. The SMILES string of the molecule is N#Cc1c(NC(=O)/C=C/c2cc3ccccc3o2)sc2c1CCCC2. The molecule has 0 spiro atoms. The van der Waals surface area contributed by atoms with Crippen LogP contribution >= 0.6 is 11.3 Å². The molecule has 2 aromatic heterocycles. The monoisotopic (exact) mass is 348 g/mol. The van der Waals surface area contributed by atoms with E-state index in [2.05, 4.69) is 11.4 Å². The lowest BCUT2D eigenvalue weighted by Gasteiger charge is -2.09. The van der Waals surface area contributed by atoms with Crippen LogP contribution in [0.2, 0.25) is 0 Å². The minimum Gasteiger partial charge on any atom is -0.457 e. The van der Waals surface area contributed by atoms with E-state index >= 15 is 0 Å². The number of furan rings is 1. The van der Waals surface area contributed by atoms with Crippen molar-refractivity contribution >= 4 is 39.3 Å². The molecule has 3 aromatic rings. The van der Waals surface area contributed by atoms with E-state index in [0.717, 1.165) is 42.2 Å². The van der Waals surface area contributed by atoms with E-state index in [4.69, 9.17) is 4.42 Å². The Morgan fingerprint density at radius 1 is 1.28 bits per heavy atom. The van der Waals surface area contributed by atoms with Crippen molar-refractivity contribution in [1.29, 1.82) is 5.26 Å². The van der Waals surface area contributed by atoms with Gasteiger partial charge in [-0.15, -0.1) is 11.3 Å². The van der Waals surface area contributed by atoms with Crippen molar-refractivity contribution in [2.24, 2.45) is 0 Å². The molecule has 1 amide bonds. The van der Waals surface area contributed by atoms with Gasteiger partial charge in [0.05, 0.1) is 5.56 Å². The van der Waals surface area contributed by atoms with Crippen LogP contribution in [-0.2, 0) is 17.6 Å². The number of para-hydroxylation sites is 1. The summed E-state index contributed by atoms with van der Waals surface area (Å²) in [5, 5.41) is 13.9. The van der Waals surface area contributed by atoms with Crippen molar-refractivity contribution in [1.82, 2.24) is 0 Å². The number of amides is 1. The van der Waals surface area contributed by atoms with Gasteiger partial charge in [0.25, 0.3) is 0 Å². The van der Waals surface area contributed by atoms with E-state index in [1.807, 2.05) is 30.3 Å². The van der Waals surface area contributed by atoms with Crippen LogP contribution in [0.4, 0.5) is 5.00 Å². The highest BCUT2D eigenvalue weighted by atomic mass is 32.1. The first-order valence-corrected chi connectivity index (χ1v) is 9.08. The van der Waals surface area contributed by atoms with Crippen molar-refractivity contribution in [3.8, 4) is 6.07 Å². The van der Waals surface area contributed by atoms with Crippen molar-refractivity contribution in [2.75, 3.05) is 5.32 Å². The number of fused-ring (bicyclic) bond motifs is 2. The number of carbonyl (C=O) groups excluding carboxylic acids is 1. The van der Waals surface area contributed by atoms with Crippen LogP contribution in [-0.4, -0.2) is 5.91 Å². The van der Waals surface area contributed by atoms with Crippen molar-refractivity contribution < 1.29 is 9.21 Å². The van der Waals surface area contributed by atoms with Gasteiger partial charge in [-0.3, -0.25) is 4.79 Å². The first-order chi connectivity index (χ1) is 12.2. The molecule has 1 N–H and O–H groups in total. The molecule has 0 bridgehead atoms. The number of carbonyl (C=O) groups is 1. The van der Waals surface area contributed by atoms with Crippen molar-refractivity contribution in [3.63, 3.8) is 0 Å². The topological polar surface area (TPSA) is 66.0 Å². The summed E-state index contributed by atoms with van der Waals surface area (Å²) in [4.78, 5) is 13.5. The Balaban J connectivity index is 1.52. The molecular weight excluding hydrogens is 332 g/mol. The van der Waals surface area contributed by atoms with Gasteiger partial charge in [-0.2, -0.15) is 5.26 Å². The van der Waals surface area contributed by atoms with Crippen LogP contribution in [0.5, 0.6) is 0 Å². The number of nitrogens with one attached hydrogen (secondary N) is 1. The standard InChI is InChI=1S/C20H16N2O2S/c21-12-16-15-6-2-4-8-18(15)25-20(16)22-19(23)10-9-14-11-13-5-1-3-7-17(13)24-14/h1,3,5,7,9-11H,2,4,6,8H2,(H,22,23)/b10-9+. The van der Waals surface area contributed by atoms with E-state index < -0.39 is 0 Å². The summed E-state index contributed by atoms with van der Waals surface area (Å²) in [5.41, 5.74) is 2.54. The normalized spacial score (nSPS) is 13.7. The third-order valence-electron chi connectivity index (χ3n) is 4.36. The second-order valence-electron chi connectivity index (χ2n) is 6.04. The van der Waals surface area contributed by atoms with Gasteiger partial charge in [-0.05, 0) is 49.5 Å². The summed E-state index contributed by atoms with van der Waals surface area (Å²) < 4.78 is 5.66. The average molecular weight is 348 g/mol. The summed E-state index contributed by atoms with van der Waals surface area (Å²) in [6.45, 7) is 0. The number of hydrogen-bond acceptors (Lipinski definition) is 4. The fourth-order valence-corrected chi connectivity index (χ4v) is 4.41. The highest BCUT2D eigenvalue weighted by Gasteiger charge is 2.21. The second-order valence-corrected chi connectivity index (χ2v) is 7.14. The van der Waals surface area contributed by atoms with Crippen LogP contribution in [0.25, 0.3) is 17.0 Å². The minimum atomic E-state index is -0.254. The van der Waals surface area contributed by atoms with Crippen molar-refractivity contribution in [3.05, 3.63) is 58.2 Å². The zero-order valence-electron chi connectivity index (χ0n) is 13.5. The molecule has 4 nitrogen and oxygen atoms in total. The fraction of sp³-hybridized carbons (Fsp3) is 0.200. The predicted molar refractivity (Wildman–Crippen MR) is 99.6 cm³/mol. The van der Waals surface area contributed by atoms with Crippen LogP contribution in [0, 0.1) is 11.3 Å². The molecule has 25 heavy (non-hydrogen) atoms. The molecule has 0 atom stereocenters. The molecule has 1 aliphatic carbocycles. The Bertz CT molecular complexity index is 987. The lowest BCUT2D eigenvalue weighted by molar-refractivity contribution is -0.111. The summed E-state index contributed by atoms with van der Waals surface area (Å²) in [5.74, 6) is 0.373. The van der Waals surface area contributed by atoms with E-state index in [1.165, 1.54) is 22.3 Å². The van der Waals surface area contributed by atoms with Gasteiger partial charge >= 0.3 is 0 Å². The predicted octanol–water partition coefficient (Wildman–Crippen LogP) is 4.90. The molecule has 124 valence electrons. The van der Waals surface area contributed by atoms with Crippen LogP contribution in [0.3, 0.4) is 0 Å². The number of nitrogens with zero attached hydrogens (tertiary/aromatic N) is 1. The van der Waals surface area contributed by atoms with E-state index in [-0.39, 0.29) is 5.91 Å². The molecule has 1 aliphatic rings. The largest absolute Gasteiger partial charge is 0.457 e. The number of aryl methyl sites for hydroxylation is 1. The summed E-state index contributed by atoms with van der Waals surface area (Å²) in [6.07, 6.45) is 7.28. The molecule has 0 fully saturated rings. The van der Waals surface area contributed by atoms with E-state index in [0.29, 0.717) is 16.3 Å². The van der Waals surface area contributed by atoms with Crippen LogP contribution < -0.4 is 5.32 Å². The van der Waals surface area contributed by atoms with E-state index in [9.17, 15) is 10.1 Å². The Hall–Kier alpha value is -2.84. The molecule has 2 heterocycles. The van der Waals surface area contributed by atoms with Gasteiger partial charge in [-0.1, -0.05) is 18.2 Å². The summed E-state index contributed by atoms with van der Waals surface area (Å²) in [6, 6.07) is 11.9. The molecule has 0 radical (unpaired) electrons. The van der Waals surface area contributed by atoms with Gasteiger partial charge in [0.15, 0.2) is 0 Å². The van der Waals surface area contributed by atoms with Crippen LogP contribution in [0.15, 0.2) is 40.8 Å². The minimum absolute atomic E-state index is 0.254. The molecule has 0 unspecified atom stereocenters. The maximum Gasteiger partial charge on any atom is 0.249 e. The fourth-order valence-electron chi connectivity index (χ4n) is 3.17. The highest BCUT2D eigenvalue weighted by molar-refractivity contribution is 7.16. The lowest BCUT2D eigenvalue weighted by atomic mass is 9.96. The molecule has 4 rings (SSSR count). The zero-order valence-corrected chi connectivity index (χ0v) is 14.4. The zero-order chi connectivity index (χ0) is 17.2. The van der Waals surface area contributed by atoms with Gasteiger partial charge in [0.2, 0.25) is 5.91 Å². The Morgan fingerprint density at radius 2 is 2.12 bits per heavy atom.